The third-order valence-electron chi connectivity index (χ3n) is 16.8. The second-order valence-corrected chi connectivity index (χ2v) is 23.7. The summed E-state index contributed by atoms with van der Waals surface area (Å²) in [6.07, 6.45) is 0. The third kappa shape index (κ3) is 6.07. The molecule has 1 heterocycles. The minimum Gasteiger partial charge on any atom is -0.456 e. The molecule has 10 aromatic rings. The summed E-state index contributed by atoms with van der Waals surface area (Å²) in [6, 6.07) is 71.4. The minimum atomic E-state index is -0.530. The molecule has 13 rings (SSSR count). The van der Waals surface area contributed by atoms with Gasteiger partial charge in [0, 0.05) is 44.2 Å². The number of fused-ring (bicyclic) bond motifs is 13. The number of benzene rings is 9. The Morgan fingerprint density at radius 3 is 1.52 bits per heavy atom. The molecular weight excluding hydrogens is 859 g/mol. The molecule has 71 heavy (non-hydrogen) atoms. The summed E-state index contributed by atoms with van der Waals surface area (Å²) < 4.78 is 6.98. The van der Waals surface area contributed by atoms with E-state index in [4.69, 9.17) is 4.42 Å². The number of anilines is 3. The first-order valence-corrected chi connectivity index (χ1v) is 25.6. The van der Waals surface area contributed by atoms with Gasteiger partial charge >= 0.3 is 0 Å². The second kappa shape index (κ2) is 14.8. The van der Waals surface area contributed by atoms with E-state index in [0.29, 0.717) is 0 Å². The predicted octanol–water partition coefficient (Wildman–Crippen LogP) is 18.6. The monoisotopic (exact) mass is 919 g/mol. The summed E-state index contributed by atoms with van der Waals surface area (Å²) in [7, 11) is 0. The molecule has 0 unspecified atom stereocenters. The predicted molar refractivity (Wildman–Crippen MR) is 298 cm³/mol. The molecule has 0 spiro atoms. The lowest BCUT2D eigenvalue weighted by molar-refractivity contribution is 0.559. The second-order valence-electron chi connectivity index (χ2n) is 23.7. The Balaban J connectivity index is 1.04. The number of nitrogens with zero attached hydrogens (tertiary/aromatic N) is 1. The van der Waals surface area contributed by atoms with Crippen molar-refractivity contribution >= 4 is 39.0 Å². The first kappa shape index (κ1) is 43.6. The average Bonchev–Trinajstić information content (AvgIpc) is 4.03. The molecule has 1 aromatic heterocycles. The summed E-state index contributed by atoms with van der Waals surface area (Å²) in [5, 5.41) is 2.46. The highest BCUT2D eigenvalue weighted by Crippen LogP contribution is 2.59. The van der Waals surface area contributed by atoms with Gasteiger partial charge in [0.15, 0.2) is 0 Å². The first-order chi connectivity index (χ1) is 34.0. The zero-order valence-electron chi connectivity index (χ0n) is 42.8. The number of hydrogen-bond acceptors (Lipinski definition) is 2. The van der Waals surface area contributed by atoms with E-state index in [9.17, 15) is 0 Å². The Kier molecular flexibility index (Phi) is 9.09. The van der Waals surface area contributed by atoms with Crippen molar-refractivity contribution in [3.8, 4) is 33.4 Å². The maximum atomic E-state index is 6.98. The Morgan fingerprint density at radius 1 is 0.394 bits per heavy atom. The lowest BCUT2D eigenvalue weighted by atomic mass is 9.67. The minimum absolute atomic E-state index is 0.0231. The molecule has 3 aliphatic rings. The van der Waals surface area contributed by atoms with E-state index in [2.05, 4.69) is 262 Å². The van der Waals surface area contributed by atoms with Crippen molar-refractivity contribution in [1.29, 1.82) is 0 Å². The van der Waals surface area contributed by atoms with Crippen LogP contribution in [0.15, 0.2) is 192 Å². The van der Waals surface area contributed by atoms with Crippen LogP contribution in [0, 0.1) is 0 Å². The smallest absolute Gasteiger partial charge is 0.139 e. The quantitative estimate of drug-likeness (QED) is 0.171. The largest absolute Gasteiger partial charge is 0.456 e. The Bertz CT molecular complexity index is 3800. The van der Waals surface area contributed by atoms with Gasteiger partial charge in [-0.3, -0.25) is 0 Å². The van der Waals surface area contributed by atoms with E-state index >= 15 is 0 Å². The van der Waals surface area contributed by atoms with Crippen LogP contribution in [0.2, 0.25) is 0 Å². The molecule has 2 nitrogen and oxygen atoms in total. The lowest BCUT2D eigenvalue weighted by Crippen LogP contribution is -2.28. The van der Waals surface area contributed by atoms with Gasteiger partial charge in [-0.15, -0.1) is 0 Å². The summed E-state index contributed by atoms with van der Waals surface area (Å²) >= 11 is 0. The standard InChI is InChI=1S/C69H61NO/c1-65(2,3)44-38-54-62-61(71-64(54)60(39-44)66(4,5)6)36-35-53-52-34-32-47(41-59(52)68(9,10)63(53)62)70(46-31-33-51-48-25-14-17-28-55(48)67(7,8)58(51)40-46)45-24-20-23-43(37-45)69(42-21-12-11-13-22-42)56-29-18-15-26-49(56)50-27-16-19-30-57(50)69/h11-41H,1-10H3. The zero-order chi connectivity index (χ0) is 49.0. The normalized spacial score (nSPS) is 15.5. The van der Waals surface area contributed by atoms with Gasteiger partial charge in [0.2, 0.25) is 0 Å². The van der Waals surface area contributed by atoms with Gasteiger partial charge < -0.3 is 9.32 Å². The van der Waals surface area contributed by atoms with Crippen LogP contribution < -0.4 is 4.90 Å². The zero-order valence-corrected chi connectivity index (χ0v) is 42.8. The van der Waals surface area contributed by atoms with Crippen LogP contribution in [0.4, 0.5) is 17.1 Å². The number of hydrogen-bond donors (Lipinski definition) is 0. The van der Waals surface area contributed by atoms with Gasteiger partial charge in [-0.2, -0.15) is 0 Å². The summed E-state index contributed by atoms with van der Waals surface area (Å²) in [4.78, 5) is 2.53. The van der Waals surface area contributed by atoms with Crippen LogP contribution in [0.1, 0.15) is 125 Å². The average molecular weight is 920 g/mol. The van der Waals surface area contributed by atoms with Crippen LogP contribution in [0.5, 0.6) is 0 Å². The molecule has 0 amide bonds. The van der Waals surface area contributed by atoms with Crippen molar-refractivity contribution in [2.75, 3.05) is 4.90 Å². The van der Waals surface area contributed by atoms with E-state index in [0.717, 1.165) is 28.2 Å². The molecule has 0 bridgehead atoms. The molecule has 0 radical (unpaired) electrons. The first-order valence-electron chi connectivity index (χ1n) is 25.6. The van der Waals surface area contributed by atoms with Crippen molar-refractivity contribution < 1.29 is 4.42 Å². The summed E-state index contributed by atoms with van der Waals surface area (Å²) in [5.41, 5.74) is 25.2. The van der Waals surface area contributed by atoms with Crippen molar-refractivity contribution in [3.05, 3.63) is 244 Å². The van der Waals surface area contributed by atoms with E-state index in [1.807, 2.05) is 0 Å². The van der Waals surface area contributed by atoms with Crippen LogP contribution in [-0.2, 0) is 27.1 Å². The molecule has 0 fully saturated rings. The fourth-order valence-corrected chi connectivity index (χ4v) is 13.3. The Hall–Kier alpha value is -7.42. The highest BCUT2D eigenvalue weighted by molar-refractivity contribution is 6.12. The maximum absolute atomic E-state index is 6.98. The van der Waals surface area contributed by atoms with E-state index in [1.54, 1.807) is 0 Å². The topological polar surface area (TPSA) is 16.4 Å². The Labute approximate surface area is 419 Å². The van der Waals surface area contributed by atoms with Crippen molar-refractivity contribution in [1.82, 2.24) is 0 Å². The van der Waals surface area contributed by atoms with Gasteiger partial charge in [-0.25, -0.2) is 0 Å². The highest BCUT2D eigenvalue weighted by atomic mass is 16.3. The Morgan fingerprint density at radius 2 is 0.901 bits per heavy atom. The third-order valence-corrected chi connectivity index (χ3v) is 16.8. The molecule has 0 saturated carbocycles. The maximum Gasteiger partial charge on any atom is 0.139 e. The molecule has 2 heteroatoms. The van der Waals surface area contributed by atoms with Crippen LogP contribution in [0.3, 0.4) is 0 Å². The number of rotatable bonds is 5. The molecule has 3 aliphatic carbocycles. The molecule has 348 valence electrons. The van der Waals surface area contributed by atoms with Gasteiger partial charge in [0.25, 0.3) is 0 Å². The molecule has 0 saturated heterocycles. The van der Waals surface area contributed by atoms with E-state index in [-0.39, 0.29) is 21.7 Å². The molecule has 0 atom stereocenters. The van der Waals surface area contributed by atoms with Crippen LogP contribution in [-0.4, -0.2) is 0 Å². The van der Waals surface area contributed by atoms with E-state index in [1.165, 1.54) is 99.8 Å². The van der Waals surface area contributed by atoms with Gasteiger partial charge in [-0.1, -0.05) is 209 Å². The fourth-order valence-electron chi connectivity index (χ4n) is 13.3. The van der Waals surface area contributed by atoms with Crippen molar-refractivity contribution in [2.45, 2.75) is 96.3 Å². The summed E-state index contributed by atoms with van der Waals surface area (Å²) in [5.74, 6) is 0. The fraction of sp³-hybridized carbons (Fsp3) is 0.217. The van der Waals surface area contributed by atoms with Crippen LogP contribution >= 0.6 is 0 Å². The van der Waals surface area contributed by atoms with Crippen molar-refractivity contribution in [3.63, 3.8) is 0 Å². The molecular formula is C69H61NO. The highest BCUT2D eigenvalue weighted by Gasteiger charge is 2.47. The lowest BCUT2D eigenvalue weighted by Gasteiger charge is -2.35. The van der Waals surface area contributed by atoms with Crippen LogP contribution in [0.25, 0.3) is 55.3 Å². The number of furan rings is 1. The molecule has 0 N–H and O–H groups in total. The van der Waals surface area contributed by atoms with Gasteiger partial charge in [0.05, 0.1) is 5.41 Å². The SMILES string of the molecule is CC(C)(C)c1cc(C(C)(C)C)c2oc3ccc4c(c3c2c1)C(C)(C)c1cc(N(c2cccc(C3(c5ccccc5)c5ccccc5-c5ccccc53)c2)c2ccc3c(c2)C(C)(C)c2ccccc2-3)ccc1-4. The van der Waals surface area contributed by atoms with Crippen molar-refractivity contribution in [2.24, 2.45) is 0 Å². The molecule has 9 aromatic carbocycles. The van der Waals surface area contributed by atoms with Gasteiger partial charge in [0.1, 0.15) is 11.2 Å². The van der Waals surface area contributed by atoms with Gasteiger partial charge in [-0.05, 0) is 143 Å². The van der Waals surface area contributed by atoms with E-state index < -0.39 is 5.41 Å². The molecule has 0 aliphatic heterocycles. The summed E-state index contributed by atoms with van der Waals surface area (Å²) in [6.45, 7) is 23.5.